The molecule has 0 amide bonds. The smallest absolute Gasteiger partial charge is 0.194 e. The third-order valence-corrected chi connectivity index (χ3v) is 3.91. The SMILES string of the molecule is CCNC(=NCc1ccc(C)s1)N1CCCC1.I. The van der Waals surface area contributed by atoms with Gasteiger partial charge in [0.1, 0.15) is 0 Å². The molecule has 1 aromatic heterocycles. The molecule has 2 rings (SSSR count). The standard InChI is InChI=1S/C13H21N3S.HI/c1-3-14-13(16-8-4-5-9-16)15-10-12-7-6-11(2)17-12;/h6-7H,3-5,8-10H2,1-2H3,(H,14,15);1H. The number of thiophene rings is 1. The van der Waals surface area contributed by atoms with Crippen LogP contribution in [0.25, 0.3) is 0 Å². The fourth-order valence-electron chi connectivity index (χ4n) is 2.08. The van der Waals surface area contributed by atoms with Crippen molar-refractivity contribution in [3.05, 3.63) is 21.9 Å². The van der Waals surface area contributed by atoms with Crippen LogP contribution in [0.15, 0.2) is 17.1 Å². The number of nitrogens with zero attached hydrogens (tertiary/aromatic N) is 2. The lowest BCUT2D eigenvalue weighted by molar-refractivity contribution is 0.494. The number of nitrogens with one attached hydrogen (secondary N) is 1. The molecule has 0 aliphatic carbocycles. The van der Waals surface area contributed by atoms with Crippen molar-refractivity contribution in [2.75, 3.05) is 19.6 Å². The van der Waals surface area contributed by atoms with E-state index in [0.717, 1.165) is 32.1 Å². The summed E-state index contributed by atoms with van der Waals surface area (Å²) in [5.41, 5.74) is 0. The maximum absolute atomic E-state index is 4.72. The Hall–Kier alpha value is -0.300. The predicted octanol–water partition coefficient (Wildman–Crippen LogP) is 3.24. The summed E-state index contributed by atoms with van der Waals surface area (Å²) in [6.45, 7) is 8.31. The molecule has 0 aromatic carbocycles. The third-order valence-electron chi connectivity index (χ3n) is 2.92. The summed E-state index contributed by atoms with van der Waals surface area (Å²) in [7, 11) is 0. The highest BCUT2D eigenvalue weighted by molar-refractivity contribution is 14.0. The number of hydrogen-bond donors (Lipinski definition) is 1. The first-order valence-corrected chi connectivity index (χ1v) is 7.20. The minimum absolute atomic E-state index is 0. The second kappa shape index (κ2) is 7.99. The lowest BCUT2D eigenvalue weighted by Gasteiger charge is -2.20. The summed E-state index contributed by atoms with van der Waals surface area (Å²) in [4.78, 5) is 9.79. The van der Waals surface area contributed by atoms with Gasteiger partial charge in [-0.05, 0) is 38.8 Å². The largest absolute Gasteiger partial charge is 0.357 e. The highest BCUT2D eigenvalue weighted by Crippen LogP contribution is 2.16. The topological polar surface area (TPSA) is 27.6 Å². The molecule has 3 nitrogen and oxygen atoms in total. The average molecular weight is 379 g/mol. The number of guanidine groups is 1. The number of hydrogen-bond acceptors (Lipinski definition) is 2. The van der Waals surface area contributed by atoms with Crippen LogP contribution in [0.5, 0.6) is 0 Å². The van der Waals surface area contributed by atoms with Crippen LogP contribution >= 0.6 is 35.3 Å². The molecule has 0 unspecified atom stereocenters. The van der Waals surface area contributed by atoms with Crippen LogP contribution < -0.4 is 5.32 Å². The van der Waals surface area contributed by atoms with Gasteiger partial charge >= 0.3 is 0 Å². The molecule has 1 fully saturated rings. The number of rotatable bonds is 3. The summed E-state index contributed by atoms with van der Waals surface area (Å²) in [6, 6.07) is 4.34. The number of aliphatic imine (C=N–C) groups is 1. The quantitative estimate of drug-likeness (QED) is 0.496. The fourth-order valence-corrected chi connectivity index (χ4v) is 2.89. The normalized spacial score (nSPS) is 15.7. The van der Waals surface area contributed by atoms with Crippen LogP contribution in [0.1, 0.15) is 29.5 Å². The van der Waals surface area contributed by atoms with Crippen molar-refractivity contribution in [2.45, 2.75) is 33.2 Å². The minimum atomic E-state index is 0. The van der Waals surface area contributed by atoms with Gasteiger partial charge in [0.2, 0.25) is 0 Å². The van der Waals surface area contributed by atoms with E-state index in [9.17, 15) is 0 Å². The molecular formula is C13H22IN3S. The Labute approximate surface area is 131 Å². The van der Waals surface area contributed by atoms with Gasteiger partial charge in [-0.25, -0.2) is 4.99 Å². The van der Waals surface area contributed by atoms with Crippen molar-refractivity contribution in [2.24, 2.45) is 4.99 Å². The van der Waals surface area contributed by atoms with Crippen molar-refractivity contribution in [1.29, 1.82) is 0 Å². The molecule has 1 aliphatic rings. The van der Waals surface area contributed by atoms with Gasteiger partial charge in [0.05, 0.1) is 6.54 Å². The molecule has 1 N–H and O–H groups in total. The van der Waals surface area contributed by atoms with Crippen LogP contribution in [0.3, 0.4) is 0 Å². The van der Waals surface area contributed by atoms with Crippen LogP contribution in [0, 0.1) is 6.92 Å². The second-order valence-corrected chi connectivity index (χ2v) is 5.75. The highest BCUT2D eigenvalue weighted by Gasteiger charge is 2.15. The number of halogens is 1. The Morgan fingerprint density at radius 1 is 1.39 bits per heavy atom. The fraction of sp³-hybridized carbons (Fsp3) is 0.615. The van der Waals surface area contributed by atoms with E-state index in [1.165, 1.54) is 22.6 Å². The van der Waals surface area contributed by atoms with Gasteiger partial charge in [0.25, 0.3) is 0 Å². The van der Waals surface area contributed by atoms with Gasteiger partial charge in [-0.2, -0.15) is 0 Å². The van der Waals surface area contributed by atoms with Crippen molar-refractivity contribution < 1.29 is 0 Å². The molecule has 0 spiro atoms. The summed E-state index contributed by atoms with van der Waals surface area (Å²) >= 11 is 1.84. The molecular weight excluding hydrogens is 357 g/mol. The molecule has 0 bridgehead atoms. The van der Waals surface area contributed by atoms with Crippen molar-refractivity contribution in [1.82, 2.24) is 10.2 Å². The van der Waals surface area contributed by atoms with E-state index in [-0.39, 0.29) is 24.0 Å². The molecule has 102 valence electrons. The molecule has 1 saturated heterocycles. The van der Waals surface area contributed by atoms with Gasteiger partial charge in [0.15, 0.2) is 5.96 Å². The van der Waals surface area contributed by atoms with Crippen LogP contribution in [-0.4, -0.2) is 30.5 Å². The predicted molar refractivity (Wildman–Crippen MR) is 90.1 cm³/mol. The summed E-state index contributed by atoms with van der Waals surface area (Å²) in [5.74, 6) is 1.08. The molecule has 5 heteroatoms. The van der Waals surface area contributed by atoms with E-state index in [2.05, 4.69) is 36.2 Å². The first-order valence-electron chi connectivity index (χ1n) is 6.38. The van der Waals surface area contributed by atoms with Gasteiger partial charge < -0.3 is 10.2 Å². The van der Waals surface area contributed by atoms with Gasteiger partial charge in [0, 0.05) is 29.4 Å². The molecule has 1 aliphatic heterocycles. The van der Waals surface area contributed by atoms with Gasteiger partial charge in [-0.15, -0.1) is 35.3 Å². The second-order valence-electron chi connectivity index (χ2n) is 4.38. The number of likely N-dealkylation sites (tertiary alicyclic amines) is 1. The number of aryl methyl sites for hydroxylation is 1. The molecule has 0 radical (unpaired) electrons. The Morgan fingerprint density at radius 3 is 2.67 bits per heavy atom. The minimum Gasteiger partial charge on any atom is -0.357 e. The third kappa shape index (κ3) is 4.42. The van der Waals surface area contributed by atoms with E-state index in [0.29, 0.717) is 0 Å². The zero-order valence-corrected chi connectivity index (χ0v) is 14.3. The zero-order valence-electron chi connectivity index (χ0n) is 11.1. The Kier molecular flexibility index (Phi) is 6.99. The Morgan fingerprint density at radius 2 is 2.11 bits per heavy atom. The van der Waals surface area contributed by atoms with Crippen LogP contribution in [0.4, 0.5) is 0 Å². The maximum atomic E-state index is 4.72. The molecule has 1 aromatic rings. The molecule has 18 heavy (non-hydrogen) atoms. The van der Waals surface area contributed by atoms with Crippen LogP contribution in [0.2, 0.25) is 0 Å². The summed E-state index contributed by atoms with van der Waals surface area (Å²) in [6.07, 6.45) is 2.59. The summed E-state index contributed by atoms with van der Waals surface area (Å²) < 4.78 is 0. The molecule has 0 saturated carbocycles. The molecule has 2 heterocycles. The van der Waals surface area contributed by atoms with E-state index in [1.807, 2.05) is 11.3 Å². The van der Waals surface area contributed by atoms with Crippen LogP contribution in [-0.2, 0) is 6.54 Å². The van der Waals surface area contributed by atoms with E-state index < -0.39 is 0 Å². The Balaban J connectivity index is 0.00000162. The first kappa shape index (κ1) is 15.8. The van der Waals surface area contributed by atoms with Crippen molar-refractivity contribution in [3.8, 4) is 0 Å². The lowest BCUT2D eigenvalue weighted by Crippen LogP contribution is -2.39. The monoisotopic (exact) mass is 379 g/mol. The summed E-state index contributed by atoms with van der Waals surface area (Å²) in [5, 5.41) is 3.38. The van der Waals surface area contributed by atoms with Gasteiger partial charge in [-0.1, -0.05) is 0 Å². The van der Waals surface area contributed by atoms with Gasteiger partial charge in [-0.3, -0.25) is 0 Å². The van der Waals surface area contributed by atoms with E-state index >= 15 is 0 Å². The first-order chi connectivity index (χ1) is 8.29. The zero-order chi connectivity index (χ0) is 12.1. The van der Waals surface area contributed by atoms with Crippen molar-refractivity contribution >= 4 is 41.3 Å². The van der Waals surface area contributed by atoms with Crippen molar-refractivity contribution in [3.63, 3.8) is 0 Å². The van der Waals surface area contributed by atoms with E-state index in [1.54, 1.807) is 0 Å². The average Bonchev–Trinajstić information content (AvgIpc) is 2.95. The highest BCUT2D eigenvalue weighted by atomic mass is 127. The Bertz CT molecular complexity index is 383. The molecule has 0 atom stereocenters. The lowest BCUT2D eigenvalue weighted by atomic mass is 10.4. The van der Waals surface area contributed by atoms with E-state index in [4.69, 9.17) is 4.99 Å². The maximum Gasteiger partial charge on any atom is 0.194 e.